The molecule has 1 rings (SSSR count). The highest BCUT2D eigenvalue weighted by molar-refractivity contribution is 14.1. The number of hydrogen-bond donors (Lipinski definition) is 0. The maximum Gasteiger partial charge on any atom is 0.309 e. The predicted octanol–water partition coefficient (Wildman–Crippen LogP) is 2.15. The molecule has 13 heavy (non-hydrogen) atoms. The number of methoxy groups -OCH3 is 1. The number of benzene rings is 1. The normalized spacial score (nSPS) is 9.77. The average molecular weight is 294 g/mol. The Bertz CT molecular complexity index is 325. The molecule has 0 atom stereocenters. The van der Waals surface area contributed by atoms with Crippen molar-refractivity contribution in [1.29, 1.82) is 0 Å². The van der Waals surface area contributed by atoms with E-state index in [0.29, 0.717) is 9.13 Å². The van der Waals surface area contributed by atoms with Gasteiger partial charge in [-0.1, -0.05) is 6.07 Å². The lowest BCUT2D eigenvalue weighted by molar-refractivity contribution is -0.139. The van der Waals surface area contributed by atoms with Crippen molar-refractivity contribution in [2.75, 3.05) is 7.11 Å². The Kier molecular flexibility index (Phi) is 3.65. The van der Waals surface area contributed by atoms with E-state index in [4.69, 9.17) is 0 Å². The van der Waals surface area contributed by atoms with Gasteiger partial charge in [0.2, 0.25) is 0 Å². The number of esters is 1. The van der Waals surface area contributed by atoms with E-state index >= 15 is 0 Å². The predicted molar refractivity (Wildman–Crippen MR) is 54.8 cm³/mol. The summed E-state index contributed by atoms with van der Waals surface area (Å²) in [5.74, 6) is -0.664. The molecule has 0 aliphatic carbocycles. The molecule has 0 spiro atoms. The van der Waals surface area contributed by atoms with E-state index in [2.05, 4.69) is 4.74 Å². The molecule has 0 radical (unpaired) electrons. The quantitative estimate of drug-likeness (QED) is 0.617. The summed E-state index contributed by atoms with van der Waals surface area (Å²) in [5.41, 5.74) is 0.629. The van der Waals surface area contributed by atoms with Gasteiger partial charge in [0, 0.05) is 3.57 Å². The van der Waals surface area contributed by atoms with Crippen LogP contribution in [0.5, 0.6) is 0 Å². The number of carbonyl (C=O) groups excluding carboxylic acids is 1. The molecular weight excluding hydrogens is 286 g/mol. The van der Waals surface area contributed by atoms with E-state index < -0.39 is 0 Å². The highest BCUT2D eigenvalue weighted by atomic mass is 127. The van der Waals surface area contributed by atoms with Crippen molar-refractivity contribution >= 4 is 28.6 Å². The standard InChI is InChI=1S/C9H8FIO2/c1-13-9(12)5-6-2-3-8(11)7(10)4-6/h2-4H,5H2,1H3. The van der Waals surface area contributed by atoms with Crippen LogP contribution in [0.25, 0.3) is 0 Å². The van der Waals surface area contributed by atoms with Gasteiger partial charge in [0.1, 0.15) is 5.82 Å². The fourth-order valence-electron chi connectivity index (χ4n) is 0.888. The van der Waals surface area contributed by atoms with Crippen molar-refractivity contribution in [1.82, 2.24) is 0 Å². The zero-order chi connectivity index (χ0) is 9.84. The average Bonchev–Trinajstić information content (AvgIpc) is 2.11. The minimum absolute atomic E-state index is 0.115. The Hall–Kier alpha value is -0.650. The van der Waals surface area contributed by atoms with Crippen LogP contribution in [-0.4, -0.2) is 13.1 Å². The Morgan fingerprint density at radius 3 is 2.85 bits per heavy atom. The Labute approximate surface area is 89.2 Å². The zero-order valence-corrected chi connectivity index (χ0v) is 9.17. The minimum atomic E-state index is -0.361. The minimum Gasteiger partial charge on any atom is -0.469 e. The van der Waals surface area contributed by atoms with Crippen LogP contribution in [0, 0.1) is 9.39 Å². The Morgan fingerprint density at radius 1 is 1.62 bits per heavy atom. The molecule has 0 aliphatic rings. The molecule has 0 aliphatic heterocycles. The number of ether oxygens (including phenoxy) is 1. The summed E-state index contributed by atoms with van der Waals surface area (Å²) in [5, 5.41) is 0. The number of rotatable bonds is 2. The van der Waals surface area contributed by atoms with Gasteiger partial charge in [-0.05, 0) is 40.3 Å². The van der Waals surface area contributed by atoms with Crippen LogP contribution >= 0.6 is 22.6 Å². The van der Waals surface area contributed by atoms with Gasteiger partial charge < -0.3 is 4.74 Å². The van der Waals surface area contributed by atoms with Crippen molar-refractivity contribution in [3.63, 3.8) is 0 Å². The molecule has 0 fully saturated rings. The summed E-state index contributed by atoms with van der Waals surface area (Å²) in [6, 6.07) is 4.69. The third-order valence-electron chi connectivity index (χ3n) is 1.56. The van der Waals surface area contributed by atoms with Crippen LogP contribution in [0.4, 0.5) is 4.39 Å². The molecular formula is C9H8FIO2. The van der Waals surface area contributed by atoms with Gasteiger partial charge >= 0.3 is 5.97 Å². The van der Waals surface area contributed by atoms with Gasteiger partial charge in [0.25, 0.3) is 0 Å². The molecule has 4 heteroatoms. The first-order valence-electron chi connectivity index (χ1n) is 3.64. The first kappa shape index (κ1) is 10.4. The summed E-state index contributed by atoms with van der Waals surface area (Å²) >= 11 is 1.89. The number of halogens is 2. The fourth-order valence-corrected chi connectivity index (χ4v) is 1.22. The topological polar surface area (TPSA) is 26.3 Å². The Morgan fingerprint density at radius 2 is 2.31 bits per heavy atom. The van der Waals surface area contributed by atoms with Crippen molar-refractivity contribution in [3.05, 3.63) is 33.1 Å². The van der Waals surface area contributed by atoms with Crippen molar-refractivity contribution < 1.29 is 13.9 Å². The molecule has 0 bridgehead atoms. The highest BCUT2D eigenvalue weighted by Crippen LogP contribution is 2.13. The summed E-state index contributed by atoms with van der Waals surface area (Å²) in [7, 11) is 1.31. The van der Waals surface area contributed by atoms with Gasteiger partial charge in [-0.15, -0.1) is 0 Å². The van der Waals surface area contributed by atoms with Gasteiger partial charge in [0.05, 0.1) is 13.5 Å². The largest absolute Gasteiger partial charge is 0.469 e. The van der Waals surface area contributed by atoms with Crippen LogP contribution in [0.1, 0.15) is 5.56 Å². The molecule has 2 nitrogen and oxygen atoms in total. The first-order valence-corrected chi connectivity index (χ1v) is 4.72. The van der Waals surface area contributed by atoms with Gasteiger partial charge in [-0.3, -0.25) is 4.79 Å². The lowest BCUT2D eigenvalue weighted by atomic mass is 10.1. The number of carbonyl (C=O) groups is 1. The smallest absolute Gasteiger partial charge is 0.309 e. The first-order chi connectivity index (χ1) is 6.13. The molecule has 0 saturated heterocycles. The van der Waals surface area contributed by atoms with E-state index in [1.807, 2.05) is 22.6 Å². The highest BCUT2D eigenvalue weighted by Gasteiger charge is 2.05. The summed E-state index contributed by atoms with van der Waals surface area (Å²) in [6.45, 7) is 0. The van der Waals surface area contributed by atoms with E-state index in [1.165, 1.54) is 13.2 Å². The molecule has 0 N–H and O–H groups in total. The second-order valence-corrected chi connectivity index (χ2v) is 3.66. The van der Waals surface area contributed by atoms with Gasteiger partial charge in [-0.25, -0.2) is 4.39 Å². The maximum absolute atomic E-state index is 13.0. The van der Waals surface area contributed by atoms with Crippen LogP contribution in [0.3, 0.4) is 0 Å². The number of hydrogen-bond acceptors (Lipinski definition) is 2. The van der Waals surface area contributed by atoms with Crippen molar-refractivity contribution in [2.45, 2.75) is 6.42 Å². The monoisotopic (exact) mass is 294 g/mol. The lowest BCUT2D eigenvalue weighted by Gasteiger charge is -2.00. The van der Waals surface area contributed by atoms with Crippen LogP contribution in [0.2, 0.25) is 0 Å². The maximum atomic E-state index is 13.0. The van der Waals surface area contributed by atoms with Crippen LogP contribution in [0.15, 0.2) is 18.2 Å². The van der Waals surface area contributed by atoms with E-state index in [-0.39, 0.29) is 18.2 Å². The molecule has 0 aromatic heterocycles. The van der Waals surface area contributed by atoms with E-state index in [1.54, 1.807) is 12.1 Å². The molecule has 70 valence electrons. The molecule has 0 heterocycles. The lowest BCUT2D eigenvalue weighted by Crippen LogP contribution is -2.04. The summed E-state index contributed by atoms with van der Waals surface area (Å²) in [6.07, 6.45) is 0.115. The molecule has 0 amide bonds. The van der Waals surface area contributed by atoms with E-state index in [9.17, 15) is 9.18 Å². The third-order valence-corrected chi connectivity index (χ3v) is 2.44. The van der Waals surface area contributed by atoms with Gasteiger partial charge in [0.15, 0.2) is 0 Å². The van der Waals surface area contributed by atoms with E-state index in [0.717, 1.165) is 0 Å². The fraction of sp³-hybridized carbons (Fsp3) is 0.222. The second-order valence-electron chi connectivity index (χ2n) is 2.50. The Balaban J connectivity index is 2.79. The van der Waals surface area contributed by atoms with Crippen LogP contribution in [-0.2, 0) is 16.0 Å². The summed E-state index contributed by atoms with van der Waals surface area (Å²) in [4.78, 5) is 10.8. The molecule has 1 aromatic rings. The second kappa shape index (κ2) is 4.55. The van der Waals surface area contributed by atoms with Crippen molar-refractivity contribution in [2.24, 2.45) is 0 Å². The van der Waals surface area contributed by atoms with Crippen LogP contribution < -0.4 is 0 Å². The molecule has 0 saturated carbocycles. The summed E-state index contributed by atoms with van der Waals surface area (Å²) < 4.78 is 18.0. The SMILES string of the molecule is COC(=O)Cc1ccc(I)c(F)c1. The van der Waals surface area contributed by atoms with Gasteiger partial charge in [-0.2, -0.15) is 0 Å². The molecule has 1 aromatic carbocycles. The zero-order valence-electron chi connectivity index (χ0n) is 7.01. The third kappa shape index (κ3) is 2.95. The molecule has 0 unspecified atom stereocenters. The van der Waals surface area contributed by atoms with Crippen molar-refractivity contribution in [3.8, 4) is 0 Å².